The van der Waals surface area contributed by atoms with E-state index in [1.165, 1.54) is 64.6 Å². The zero-order valence-electron chi connectivity index (χ0n) is 11.8. The molecule has 100 valence electrons. The minimum Gasteiger partial charge on any atom is -0.311 e. The monoisotopic (exact) mass is 238 g/mol. The fraction of sp³-hybridized carbons (Fsp3) is 1.00. The minimum absolute atomic E-state index is 0.746. The minimum atomic E-state index is 0.746. The highest BCUT2D eigenvalue weighted by Gasteiger charge is 2.35. The largest absolute Gasteiger partial charge is 0.311 e. The second-order valence-electron chi connectivity index (χ2n) is 6.11. The molecule has 17 heavy (non-hydrogen) atoms. The summed E-state index contributed by atoms with van der Waals surface area (Å²) in [6.45, 7) is 8.51. The molecule has 2 nitrogen and oxygen atoms in total. The molecule has 1 heterocycles. The van der Waals surface area contributed by atoms with Crippen LogP contribution < -0.4 is 5.32 Å². The Morgan fingerprint density at radius 2 is 1.88 bits per heavy atom. The molecule has 0 amide bonds. The number of nitrogens with zero attached hydrogens (tertiary/aromatic N) is 1. The van der Waals surface area contributed by atoms with Gasteiger partial charge >= 0.3 is 0 Å². The second-order valence-corrected chi connectivity index (χ2v) is 6.11. The highest BCUT2D eigenvalue weighted by atomic mass is 15.2. The normalized spacial score (nSPS) is 30.7. The molecule has 1 N–H and O–H groups in total. The van der Waals surface area contributed by atoms with Crippen LogP contribution in [0.25, 0.3) is 0 Å². The number of nitrogens with one attached hydrogen (secondary N) is 1. The smallest absolute Gasteiger partial charge is 0.0224 e. The molecule has 1 aliphatic carbocycles. The SMILES string of the molecule is CCCCCCCN1CC(C2CC2)NCC1C. The summed E-state index contributed by atoms with van der Waals surface area (Å²) in [5.74, 6) is 1.00. The molecule has 0 aromatic carbocycles. The molecule has 0 aromatic heterocycles. The van der Waals surface area contributed by atoms with Gasteiger partial charge in [-0.1, -0.05) is 32.6 Å². The van der Waals surface area contributed by atoms with Gasteiger partial charge in [0, 0.05) is 25.2 Å². The van der Waals surface area contributed by atoms with Crippen molar-refractivity contribution in [2.75, 3.05) is 19.6 Å². The number of piperazine rings is 1. The molecule has 2 aliphatic rings. The Kier molecular flexibility index (Phi) is 5.30. The molecule has 2 rings (SSSR count). The van der Waals surface area contributed by atoms with Crippen LogP contribution in [0, 0.1) is 5.92 Å². The maximum atomic E-state index is 3.73. The van der Waals surface area contributed by atoms with Crippen molar-refractivity contribution >= 4 is 0 Å². The van der Waals surface area contributed by atoms with Crippen LogP contribution in [0.3, 0.4) is 0 Å². The Labute approximate surface area is 107 Å². The first-order chi connectivity index (χ1) is 8.31. The average Bonchev–Trinajstić information content (AvgIpc) is 3.15. The van der Waals surface area contributed by atoms with Gasteiger partial charge in [-0.3, -0.25) is 4.90 Å². The molecule has 0 spiro atoms. The molecule has 0 radical (unpaired) electrons. The van der Waals surface area contributed by atoms with Crippen LogP contribution in [0.1, 0.15) is 58.8 Å². The van der Waals surface area contributed by atoms with Crippen molar-refractivity contribution in [3.05, 3.63) is 0 Å². The van der Waals surface area contributed by atoms with E-state index < -0.39 is 0 Å². The third-order valence-corrected chi connectivity index (χ3v) is 4.47. The fourth-order valence-electron chi connectivity index (χ4n) is 2.99. The summed E-state index contributed by atoms with van der Waals surface area (Å²) >= 11 is 0. The van der Waals surface area contributed by atoms with Gasteiger partial charge in [0.25, 0.3) is 0 Å². The van der Waals surface area contributed by atoms with Crippen molar-refractivity contribution in [2.24, 2.45) is 5.92 Å². The molecule has 1 aliphatic heterocycles. The third kappa shape index (κ3) is 4.26. The summed E-state index contributed by atoms with van der Waals surface area (Å²) in [6, 6.07) is 1.55. The topological polar surface area (TPSA) is 15.3 Å². The second kappa shape index (κ2) is 6.75. The average molecular weight is 238 g/mol. The van der Waals surface area contributed by atoms with Gasteiger partial charge in [0.15, 0.2) is 0 Å². The first-order valence-corrected chi connectivity index (χ1v) is 7.78. The number of hydrogen-bond donors (Lipinski definition) is 1. The predicted octanol–water partition coefficient (Wildman–Crippen LogP) is 3.03. The lowest BCUT2D eigenvalue weighted by atomic mass is 10.1. The van der Waals surface area contributed by atoms with Crippen molar-refractivity contribution in [1.29, 1.82) is 0 Å². The van der Waals surface area contributed by atoms with E-state index in [1.807, 2.05) is 0 Å². The molecule has 2 atom stereocenters. The van der Waals surface area contributed by atoms with E-state index in [2.05, 4.69) is 24.1 Å². The highest BCUT2D eigenvalue weighted by Crippen LogP contribution is 2.34. The van der Waals surface area contributed by atoms with Crippen LogP contribution in [0.2, 0.25) is 0 Å². The molecular weight excluding hydrogens is 208 g/mol. The van der Waals surface area contributed by atoms with Crippen molar-refractivity contribution in [3.8, 4) is 0 Å². The molecule has 1 saturated carbocycles. The van der Waals surface area contributed by atoms with Gasteiger partial charge in [-0.05, 0) is 38.6 Å². The van der Waals surface area contributed by atoms with E-state index in [-0.39, 0.29) is 0 Å². The Balaban J connectivity index is 1.63. The van der Waals surface area contributed by atoms with Crippen molar-refractivity contribution in [1.82, 2.24) is 10.2 Å². The van der Waals surface area contributed by atoms with Gasteiger partial charge in [0.2, 0.25) is 0 Å². The molecule has 1 saturated heterocycles. The van der Waals surface area contributed by atoms with Crippen molar-refractivity contribution < 1.29 is 0 Å². The van der Waals surface area contributed by atoms with Gasteiger partial charge < -0.3 is 5.32 Å². The Hall–Kier alpha value is -0.0800. The molecule has 2 unspecified atom stereocenters. The highest BCUT2D eigenvalue weighted by molar-refractivity contribution is 4.93. The van der Waals surface area contributed by atoms with Crippen LogP contribution in [0.4, 0.5) is 0 Å². The van der Waals surface area contributed by atoms with E-state index in [9.17, 15) is 0 Å². The Bertz CT molecular complexity index is 213. The first kappa shape index (κ1) is 13.4. The van der Waals surface area contributed by atoms with Crippen LogP contribution in [-0.2, 0) is 0 Å². The summed E-state index contributed by atoms with van der Waals surface area (Å²) in [7, 11) is 0. The van der Waals surface area contributed by atoms with Crippen LogP contribution >= 0.6 is 0 Å². The van der Waals surface area contributed by atoms with Crippen LogP contribution in [0.5, 0.6) is 0 Å². The van der Waals surface area contributed by atoms with Gasteiger partial charge in [0.1, 0.15) is 0 Å². The summed E-state index contributed by atoms with van der Waals surface area (Å²) in [6.07, 6.45) is 9.98. The van der Waals surface area contributed by atoms with Crippen LogP contribution in [0.15, 0.2) is 0 Å². The zero-order chi connectivity index (χ0) is 12.1. The maximum Gasteiger partial charge on any atom is 0.0224 e. The quantitative estimate of drug-likeness (QED) is 0.686. The summed E-state index contributed by atoms with van der Waals surface area (Å²) < 4.78 is 0. The van der Waals surface area contributed by atoms with Gasteiger partial charge in [-0.2, -0.15) is 0 Å². The summed E-state index contributed by atoms with van der Waals surface area (Å²) in [4.78, 5) is 2.73. The van der Waals surface area contributed by atoms with E-state index >= 15 is 0 Å². The van der Waals surface area contributed by atoms with E-state index in [0.717, 1.165) is 18.0 Å². The molecule has 2 heteroatoms. The first-order valence-electron chi connectivity index (χ1n) is 7.78. The number of unbranched alkanes of at least 4 members (excludes halogenated alkanes) is 4. The van der Waals surface area contributed by atoms with Crippen molar-refractivity contribution in [2.45, 2.75) is 70.9 Å². The lowest BCUT2D eigenvalue weighted by Crippen LogP contribution is -2.56. The van der Waals surface area contributed by atoms with Gasteiger partial charge in [0.05, 0.1) is 0 Å². The van der Waals surface area contributed by atoms with Crippen LogP contribution in [-0.4, -0.2) is 36.6 Å². The standard InChI is InChI=1S/C15H30N2/c1-3-4-5-6-7-10-17-12-15(14-8-9-14)16-11-13(17)2/h13-16H,3-12H2,1-2H3. The summed E-state index contributed by atoms with van der Waals surface area (Å²) in [5, 5.41) is 3.73. The Morgan fingerprint density at radius 3 is 2.59 bits per heavy atom. The molecule has 0 aromatic rings. The van der Waals surface area contributed by atoms with E-state index in [0.29, 0.717) is 0 Å². The lowest BCUT2D eigenvalue weighted by Gasteiger charge is -2.39. The molecule has 0 bridgehead atoms. The van der Waals surface area contributed by atoms with Crippen molar-refractivity contribution in [3.63, 3.8) is 0 Å². The Morgan fingerprint density at radius 1 is 1.12 bits per heavy atom. The van der Waals surface area contributed by atoms with E-state index in [4.69, 9.17) is 0 Å². The summed E-state index contributed by atoms with van der Waals surface area (Å²) in [5.41, 5.74) is 0. The number of rotatable bonds is 7. The zero-order valence-corrected chi connectivity index (χ0v) is 11.8. The molecular formula is C15H30N2. The number of hydrogen-bond acceptors (Lipinski definition) is 2. The van der Waals surface area contributed by atoms with Gasteiger partial charge in [-0.25, -0.2) is 0 Å². The fourth-order valence-corrected chi connectivity index (χ4v) is 2.99. The van der Waals surface area contributed by atoms with Gasteiger partial charge in [-0.15, -0.1) is 0 Å². The van der Waals surface area contributed by atoms with E-state index in [1.54, 1.807) is 0 Å². The third-order valence-electron chi connectivity index (χ3n) is 4.47. The lowest BCUT2D eigenvalue weighted by molar-refractivity contribution is 0.130. The molecule has 2 fully saturated rings. The predicted molar refractivity (Wildman–Crippen MR) is 74.3 cm³/mol. The maximum absolute atomic E-state index is 3.73.